The van der Waals surface area contributed by atoms with Crippen LogP contribution in [0.5, 0.6) is 11.5 Å². The van der Waals surface area contributed by atoms with Gasteiger partial charge in [-0.15, -0.1) is 0 Å². The van der Waals surface area contributed by atoms with E-state index in [1.165, 1.54) is 7.11 Å². The van der Waals surface area contributed by atoms with Crippen LogP contribution < -0.4 is 25.6 Å². The molecular formula is C25H25N3O5. The van der Waals surface area contributed by atoms with E-state index in [4.69, 9.17) is 9.47 Å². The van der Waals surface area contributed by atoms with E-state index < -0.39 is 11.8 Å². The number of carbonyl (C=O) groups excluding carboxylic acids is 3. The summed E-state index contributed by atoms with van der Waals surface area (Å²) in [5.74, 6) is -0.335. The van der Waals surface area contributed by atoms with Crippen LogP contribution in [0.25, 0.3) is 0 Å². The SMILES string of the molecule is COc1cc(C)ccc1OCC(=O)NNC(=O)c1ccc(NC(=O)c2ccccc2C)cc1. The molecular weight excluding hydrogens is 422 g/mol. The van der Waals surface area contributed by atoms with Crippen molar-refractivity contribution in [2.24, 2.45) is 0 Å². The van der Waals surface area contributed by atoms with E-state index in [0.29, 0.717) is 28.3 Å². The first-order chi connectivity index (χ1) is 15.9. The van der Waals surface area contributed by atoms with E-state index in [0.717, 1.165) is 11.1 Å². The summed E-state index contributed by atoms with van der Waals surface area (Å²) in [5, 5.41) is 2.79. The number of benzene rings is 3. The number of hydrogen-bond donors (Lipinski definition) is 3. The highest BCUT2D eigenvalue weighted by Gasteiger charge is 2.12. The number of carbonyl (C=O) groups is 3. The van der Waals surface area contributed by atoms with Gasteiger partial charge in [0.2, 0.25) is 0 Å². The molecule has 0 fully saturated rings. The third kappa shape index (κ3) is 6.33. The zero-order chi connectivity index (χ0) is 23.8. The van der Waals surface area contributed by atoms with Gasteiger partial charge in [-0.3, -0.25) is 25.2 Å². The van der Waals surface area contributed by atoms with Gasteiger partial charge in [-0.05, 0) is 67.4 Å². The highest BCUT2D eigenvalue weighted by atomic mass is 16.5. The molecule has 8 nitrogen and oxygen atoms in total. The number of rotatable bonds is 7. The zero-order valence-corrected chi connectivity index (χ0v) is 18.6. The number of ether oxygens (including phenoxy) is 2. The van der Waals surface area contributed by atoms with Crippen molar-refractivity contribution in [1.29, 1.82) is 0 Å². The van der Waals surface area contributed by atoms with Crippen molar-refractivity contribution < 1.29 is 23.9 Å². The standard InChI is InChI=1S/C25H25N3O5/c1-16-8-13-21(22(14-16)32-3)33-15-23(29)27-28-24(30)18-9-11-19(12-10-18)26-25(31)20-7-5-4-6-17(20)2/h4-14H,15H2,1-3H3,(H,26,31)(H,27,29)(H,28,30). The van der Waals surface area contributed by atoms with E-state index >= 15 is 0 Å². The first-order valence-electron chi connectivity index (χ1n) is 10.2. The molecule has 0 aromatic heterocycles. The minimum Gasteiger partial charge on any atom is -0.493 e. The summed E-state index contributed by atoms with van der Waals surface area (Å²) in [5.41, 5.74) is 7.93. The summed E-state index contributed by atoms with van der Waals surface area (Å²) < 4.78 is 10.7. The normalized spacial score (nSPS) is 10.2. The van der Waals surface area contributed by atoms with Crippen LogP contribution >= 0.6 is 0 Å². The van der Waals surface area contributed by atoms with Crippen LogP contribution in [-0.2, 0) is 4.79 Å². The highest BCUT2D eigenvalue weighted by molar-refractivity contribution is 6.05. The minimum absolute atomic E-state index is 0.234. The van der Waals surface area contributed by atoms with Crippen LogP contribution in [-0.4, -0.2) is 31.4 Å². The molecule has 0 saturated heterocycles. The van der Waals surface area contributed by atoms with Crippen LogP contribution in [0.3, 0.4) is 0 Å². The summed E-state index contributed by atoms with van der Waals surface area (Å²) in [6, 6.07) is 18.9. The third-order valence-corrected chi connectivity index (χ3v) is 4.79. The number of anilines is 1. The molecule has 0 bridgehead atoms. The van der Waals surface area contributed by atoms with Gasteiger partial charge in [-0.2, -0.15) is 0 Å². The molecule has 3 N–H and O–H groups in total. The van der Waals surface area contributed by atoms with E-state index in [1.807, 2.05) is 32.0 Å². The van der Waals surface area contributed by atoms with Crippen molar-refractivity contribution in [3.05, 3.63) is 89.0 Å². The van der Waals surface area contributed by atoms with E-state index in [2.05, 4.69) is 16.2 Å². The predicted molar refractivity (Wildman–Crippen MR) is 124 cm³/mol. The first-order valence-corrected chi connectivity index (χ1v) is 10.2. The molecule has 3 aromatic rings. The lowest BCUT2D eigenvalue weighted by Crippen LogP contribution is -2.43. The van der Waals surface area contributed by atoms with Crippen LogP contribution in [0.15, 0.2) is 66.7 Å². The van der Waals surface area contributed by atoms with Gasteiger partial charge >= 0.3 is 0 Å². The maximum Gasteiger partial charge on any atom is 0.276 e. The Bertz CT molecular complexity index is 1160. The Morgan fingerprint density at radius 2 is 1.55 bits per heavy atom. The second-order valence-corrected chi connectivity index (χ2v) is 7.29. The van der Waals surface area contributed by atoms with E-state index in [1.54, 1.807) is 48.5 Å². The molecule has 0 atom stereocenters. The lowest BCUT2D eigenvalue weighted by atomic mass is 10.1. The van der Waals surface area contributed by atoms with Gasteiger partial charge in [0.05, 0.1) is 7.11 Å². The van der Waals surface area contributed by atoms with Crippen molar-refractivity contribution in [3.8, 4) is 11.5 Å². The van der Waals surface area contributed by atoms with Crippen molar-refractivity contribution in [2.75, 3.05) is 19.0 Å². The van der Waals surface area contributed by atoms with Crippen molar-refractivity contribution in [2.45, 2.75) is 13.8 Å². The fourth-order valence-electron chi connectivity index (χ4n) is 3.00. The predicted octanol–water partition coefficient (Wildman–Crippen LogP) is 3.40. The lowest BCUT2D eigenvalue weighted by molar-refractivity contribution is -0.123. The molecule has 0 unspecified atom stereocenters. The number of aryl methyl sites for hydroxylation is 2. The highest BCUT2D eigenvalue weighted by Crippen LogP contribution is 2.27. The monoisotopic (exact) mass is 447 g/mol. The molecule has 170 valence electrons. The van der Waals surface area contributed by atoms with E-state index in [-0.39, 0.29) is 12.5 Å². The number of amides is 3. The molecule has 0 saturated carbocycles. The quantitative estimate of drug-likeness (QED) is 0.482. The Morgan fingerprint density at radius 1 is 0.818 bits per heavy atom. The molecule has 0 heterocycles. The van der Waals surface area contributed by atoms with E-state index in [9.17, 15) is 14.4 Å². The van der Waals surface area contributed by atoms with Gasteiger partial charge in [0.15, 0.2) is 18.1 Å². The Hall–Kier alpha value is -4.33. The van der Waals surface area contributed by atoms with Crippen LogP contribution in [0.4, 0.5) is 5.69 Å². The Labute approximate surface area is 191 Å². The third-order valence-electron chi connectivity index (χ3n) is 4.79. The number of hydrogen-bond acceptors (Lipinski definition) is 5. The molecule has 0 aliphatic rings. The van der Waals surface area contributed by atoms with Gasteiger partial charge in [0, 0.05) is 16.8 Å². The zero-order valence-electron chi connectivity index (χ0n) is 18.6. The molecule has 3 rings (SSSR count). The van der Waals surface area contributed by atoms with Crippen LogP contribution in [0, 0.1) is 13.8 Å². The second-order valence-electron chi connectivity index (χ2n) is 7.29. The van der Waals surface area contributed by atoms with Crippen LogP contribution in [0.2, 0.25) is 0 Å². The fraction of sp³-hybridized carbons (Fsp3) is 0.160. The number of hydrazine groups is 1. The molecule has 3 aromatic carbocycles. The molecule has 0 radical (unpaired) electrons. The average molecular weight is 447 g/mol. The molecule has 0 aliphatic heterocycles. The van der Waals surface area contributed by atoms with Crippen molar-refractivity contribution in [1.82, 2.24) is 10.9 Å². The van der Waals surface area contributed by atoms with Gasteiger partial charge in [0.1, 0.15) is 0 Å². The lowest BCUT2D eigenvalue weighted by Gasteiger charge is -2.12. The topological polar surface area (TPSA) is 106 Å². The number of methoxy groups -OCH3 is 1. The number of nitrogens with one attached hydrogen (secondary N) is 3. The summed E-state index contributed by atoms with van der Waals surface area (Å²) in [6.07, 6.45) is 0. The maximum atomic E-state index is 12.4. The second kappa shape index (κ2) is 10.8. The molecule has 3 amide bonds. The van der Waals surface area contributed by atoms with Crippen molar-refractivity contribution >= 4 is 23.4 Å². The van der Waals surface area contributed by atoms with Crippen molar-refractivity contribution in [3.63, 3.8) is 0 Å². The van der Waals surface area contributed by atoms with Gasteiger partial charge in [-0.25, -0.2) is 0 Å². The minimum atomic E-state index is -0.534. The Balaban J connectivity index is 1.49. The molecule has 8 heteroatoms. The maximum absolute atomic E-state index is 12.4. The Morgan fingerprint density at radius 3 is 2.24 bits per heavy atom. The molecule has 33 heavy (non-hydrogen) atoms. The van der Waals surface area contributed by atoms with Gasteiger partial charge in [0.25, 0.3) is 17.7 Å². The summed E-state index contributed by atoms with van der Waals surface area (Å²) in [6.45, 7) is 3.47. The summed E-state index contributed by atoms with van der Waals surface area (Å²) in [7, 11) is 1.52. The largest absolute Gasteiger partial charge is 0.493 e. The summed E-state index contributed by atoms with van der Waals surface area (Å²) in [4.78, 5) is 36.7. The molecule has 0 aliphatic carbocycles. The van der Waals surface area contributed by atoms with Gasteiger partial charge in [-0.1, -0.05) is 24.3 Å². The molecule has 0 spiro atoms. The smallest absolute Gasteiger partial charge is 0.276 e. The summed E-state index contributed by atoms with van der Waals surface area (Å²) >= 11 is 0. The Kier molecular flexibility index (Phi) is 7.64. The average Bonchev–Trinajstić information content (AvgIpc) is 2.82. The van der Waals surface area contributed by atoms with Gasteiger partial charge < -0.3 is 14.8 Å². The first kappa shape index (κ1) is 23.3. The van der Waals surface area contributed by atoms with Crippen LogP contribution in [0.1, 0.15) is 31.8 Å². The fourth-order valence-corrected chi connectivity index (χ4v) is 3.00.